The van der Waals surface area contributed by atoms with E-state index in [1.165, 1.54) is 82.1 Å². The smallest absolute Gasteiger partial charge is 0.306 e. The molecule has 0 aliphatic rings. The first-order chi connectivity index (χ1) is 24.3. The zero-order valence-corrected chi connectivity index (χ0v) is 33.4. The maximum absolute atomic E-state index is 12.6. The van der Waals surface area contributed by atoms with Crippen molar-refractivity contribution >= 4 is 11.9 Å². The van der Waals surface area contributed by atoms with Crippen LogP contribution >= 0.6 is 0 Å². The molecule has 0 saturated carbocycles. The van der Waals surface area contributed by atoms with Crippen molar-refractivity contribution in [2.45, 2.75) is 226 Å². The van der Waals surface area contributed by atoms with Gasteiger partial charge in [0.15, 0.2) is 6.29 Å². The second kappa shape index (κ2) is 37.5. The third kappa shape index (κ3) is 33.9. The van der Waals surface area contributed by atoms with Crippen molar-refractivity contribution < 1.29 is 34.1 Å². The number of aliphatic hydroxyl groups excluding tert-OH is 1. The number of rotatable bonds is 39. The number of ether oxygens (including phenoxy) is 3. The summed E-state index contributed by atoms with van der Waals surface area (Å²) in [6.07, 6.45) is 30.1. The fourth-order valence-corrected chi connectivity index (χ4v) is 6.27. The summed E-state index contributed by atoms with van der Waals surface area (Å²) >= 11 is 0. The number of hydrogen-bond donors (Lipinski definition) is 2. The number of hydrogen-bond acceptors (Lipinski definition) is 8. The number of nitrogens with zero attached hydrogens (tertiary/aromatic N) is 1. The summed E-state index contributed by atoms with van der Waals surface area (Å²) in [4.78, 5) is 24.7. The Kier molecular flexibility index (Phi) is 36.6. The first kappa shape index (κ1) is 48.8. The summed E-state index contributed by atoms with van der Waals surface area (Å²) < 4.78 is 16.7. The Bertz CT molecular complexity index is 721. The molecule has 0 spiro atoms. The van der Waals surface area contributed by atoms with Gasteiger partial charge in [0, 0.05) is 32.0 Å². The largest absolute Gasteiger partial charge is 0.466 e. The van der Waals surface area contributed by atoms with Gasteiger partial charge in [-0.05, 0) is 57.8 Å². The highest BCUT2D eigenvalue weighted by molar-refractivity contribution is 5.69. The minimum absolute atomic E-state index is 0.0146. The van der Waals surface area contributed by atoms with Gasteiger partial charge in [-0.3, -0.25) is 9.59 Å². The van der Waals surface area contributed by atoms with Crippen LogP contribution in [0.2, 0.25) is 0 Å². The van der Waals surface area contributed by atoms with Crippen LogP contribution in [0.4, 0.5) is 0 Å². The Balaban J connectivity index is 3.82. The lowest BCUT2D eigenvalue weighted by atomic mass is 10.0. The van der Waals surface area contributed by atoms with Gasteiger partial charge in [-0.25, -0.2) is 0 Å². The zero-order valence-electron chi connectivity index (χ0n) is 33.4. The molecule has 2 atom stereocenters. The summed E-state index contributed by atoms with van der Waals surface area (Å²) in [5.41, 5.74) is 0. The zero-order chi connectivity index (χ0) is 36.9. The monoisotopic (exact) mass is 714 g/mol. The lowest BCUT2D eigenvalue weighted by molar-refractivity contribution is -0.157. The van der Waals surface area contributed by atoms with E-state index < -0.39 is 6.29 Å². The molecule has 0 aromatic rings. The molecule has 0 rings (SSSR count). The molecule has 298 valence electrons. The second-order valence-electron chi connectivity index (χ2n) is 14.8. The van der Waals surface area contributed by atoms with E-state index in [4.69, 9.17) is 14.2 Å². The van der Waals surface area contributed by atoms with Crippen LogP contribution in [0, 0.1) is 5.92 Å². The van der Waals surface area contributed by atoms with Gasteiger partial charge in [0.25, 0.3) is 0 Å². The number of carbonyl (C=O) groups excluding carboxylic acids is 2. The van der Waals surface area contributed by atoms with E-state index in [0.29, 0.717) is 32.7 Å². The van der Waals surface area contributed by atoms with Gasteiger partial charge in [0.1, 0.15) is 6.10 Å². The predicted molar refractivity (Wildman–Crippen MR) is 206 cm³/mol. The highest BCUT2D eigenvalue weighted by Crippen LogP contribution is 2.18. The van der Waals surface area contributed by atoms with Crippen LogP contribution in [-0.2, 0) is 23.8 Å². The molecule has 0 aliphatic heterocycles. The molecular weight excluding hydrogens is 630 g/mol. The quantitative estimate of drug-likeness (QED) is 0.0281. The van der Waals surface area contributed by atoms with Gasteiger partial charge in [0.05, 0.1) is 13.0 Å². The molecule has 8 nitrogen and oxygen atoms in total. The van der Waals surface area contributed by atoms with Crippen LogP contribution in [0.1, 0.15) is 214 Å². The van der Waals surface area contributed by atoms with Gasteiger partial charge >= 0.3 is 11.9 Å². The van der Waals surface area contributed by atoms with Crippen LogP contribution in [0.15, 0.2) is 0 Å². The molecule has 0 aromatic carbocycles. The Morgan fingerprint density at radius 3 is 1.56 bits per heavy atom. The van der Waals surface area contributed by atoms with Crippen LogP contribution in [0.3, 0.4) is 0 Å². The van der Waals surface area contributed by atoms with E-state index in [1.807, 2.05) is 0 Å². The SMILES string of the molecule is CCCCCCCCC(CCCCCCCC)OC(=O)CCCCCCCN(O)CCCCCCCOC(=O)CC(C)C(O)OCCCCC. The molecule has 0 bridgehead atoms. The van der Waals surface area contributed by atoms with Crippen LogP contribution in [0.5, 0.6) is 0 Å². The fourth-order valence-electron chi connectivity index (χ4n) is 6.27. The van der Waals surface area contributed by atoms with E-state index in [-0.39, 0.29) is 30.4 Å². The van der Waals surface area contributed by atoms with Gasteiger partial charge in [-0.2, -0.15) is 5.06 Å². The predicted octanol–water partition coefficient (Wildman–Crippen LogP) is 11.5. The minimum atomic E-state index is -0.926. The first-order valence-electron chi connectivity index (χ1n) is 21.4. The van der Waals surface area contributed by atoms with E-state index in [1.54, 1.807) is 6.92 Å². The number of carbonyl (C=O) groups is 2. The summed E-state index contributed by atoms with van der Waals surface area (Å²) in [7, 11) is 0. The Morgan fingerprint density at radius 1 is 0.560 bits per heavy atom. The Morgan fingerprint density at radius 2 is 1.00 bits per heavy atom. The Labute approximate surface area is 309 Å². The molecule has 0 aromatic heterocycles. The van der Waals surface area contributed by atoms with Crippen molar-refractivity contribution in [3.63, 3.8) is 0 Å². The first-order valence-corrected chi connectivity index (χ1v) is 21.4. The number of unbranched alkanes of at least 4 members (excludes halogenated alkanes) is 20. The molecule has 2 N–H and O–H groups in total. The fraction of sp³-hybridized carbons (Fsp3) is 0.952. The molecule has 0 aliphatic carbocycles. The molecular formula is C42H83NO7. The standard InChI is InChI=1S/C42H83NO7/c1-5-8-11-13-17-23-30-39(31-24-18-14-12-9-6-2)50-40(44)32-25-19-15-20-26-33-43(47)34-27-21-16-22-29-35-48-41(45)37-38(4)42(46)49-36-28-10-7-3/h38-39,42,46-47H,5-37H2,1-4H3. The van der Waals surface area contributed by atoms with Crippen LogP contribution < -0.4 is 0 Å². The third-order valence-electron chi connectivity index (χ3n) is 9.69. The third-order valence-corrected chi connectivity index (χ3v) is 9.69. The van der Waals surface area contributed by atoms with Crippen molar-refractivity contribution in [2.75, 3.05) is 26.3 Å². The van der Waals surface area contributed by atoms with E-state index >= 15 is 0 Å². The summed E-state index contributed by atoms with van der Waals surface area (Å²) in [5, 5.41) is 21.7. The molecule has 0 radical (unpaired) electrons. The van der Waals surface area contributed by atoms with Gasteiger partial charge in [0.2, 0.25) is 0 Å². The van der Waals surface area contributed by atoms with Crippen molar-refractivity contribution in [1.82, 2.24) is 5.06 Å². The summed E-state index contributed by atoms with van der Waals surface area (Å²) in [5.74, 6) is -0.578. The van der Waals surface area contributed by atoms with Crippen molar-refractivity contribution in [1.29, 1.82) is 0 Å². The van der Waals surface area contributed by atoms with E-state index in [9.17, 15) is 19.9 Å². The van der Waals surface area contributed by atoms with E-state index in [0.717, 1.165) is 96.3 Å². The molecule has 0 saturated heterocycles. The van der Waals surface area contributed by atoms with Gasteiger partial charge in [-0.15, -0.1) is 0 Å². The van der Waals surface area contributed by atoms with Gasteiger partial charge in [-0.1, -0.05) is 143 Å². The van der Waals surface area contributed by atoms with Crippen LogP contribution in [0.25, 0.3) is 0 Å². The number of esters is 2. The van der Waals surface area contributed by atoms with Gasteiger partial charge < -0.3 is 24.5 Å². The average molecular weight is 714 g/mol. The molecule has 50 heavy (non-hydrogen) atoms. The minimum Gasteiger partial charge on any atom is -0.466 e. The highest BCUT2D eigenvalue weighted by Gasteiger charge is 2.19. The van der Waals surface area contributed by atoms with Crippen molar-refractivity contribution in [3.05, 3.63) is 0 Å². The molecule has 0 heterocycles. The van der Waals surface area contributed by atoms with Crippen LogP contribution in [-0.4, -0.2) is 66.0 Å². The second-order valence-corrected chi connectivity index (χ2v) is 14.8. The molecule has 0 fully saturated rings. The normalized spacial score (nSPS) is 12.9. The highest BCUT2D eigenvalue weighted by atomic mass is 16.6. The van der Waals surface area contributed by atoms with Crippen molar-refractivity contribution in [2.24, 2.45) is 5.92 Å². The maximum atomic E-state index is 12.6. The topological polar surface area (TPSA) is 106 Å². The molecule has 2 unspecified atom stereocenters. The molecule has 8 heteroatoms. The summed E-state index contributed by atoms with van der Waals surface area (Å²) in [6, 6.07) is 0. The average Bonchev–Trinajstić information content (AvgIpc) is 3.10. The number of aliphatic hydroxyl groups is 1. The Hall–Kier alpha value is -1.22. The summed E-state index contributed by atoms with van der Waals surface area (Å²) in [6.45, 7) is 10.7. The number of hydroxylamine groups is 2. The van der Waals surface area contributed by atoms with Crippen molar-refractivity contribution in [3.8, 4) is 0 Å². The lowest BCUT2D eigenvalue weighted by Crippen LogP contribution is -2.25. The molecule has 0 amide bonds. The maximum Gasteiger partial charge on any atom is 0.306 e. The van der Waals surface area contributed by atoms with E-state index in [2.05, 4.69) is 20.8 Å². The lowest BCUT2D eigenvalue weighted by Gasteiger charge is -2.18.